The number of rotatable bonds is 3. The van der Waals surface area contributed by atoms with E-state index in [1.807, 2.05) is 42.5 Å². The fourth-order valence-electron chi connectivity index (χ4n) is 2.76. The van der Waals surface area contributed by atoms with Crippen LogP contribution in [0.4, 0.5) is 0 Å². The molecule has 110 valence electrons. The first-order valence-corrected chi connectivity index (χ1v) is 7.26. The number of nitrogens with one attached hydrogen (secondary N) is 1. The molecule has 2 heterocycles. The Hall–Kier alpha value is -2.82. The van der Waals surface area contributed by atoms with Gasteiger partial charge in [0.2, 0.25) is 5.91 Å². The lowest BCUT2D eigenvalue weighted by atomic mass is 10.1. The van der Waals surface area contributed by atoms with Crippen LogP contribution in [0, 0.1) is 0 Å². The second-order valence-corrected chi connectivity index (χ2v) is 5.36. The van der Waals surface area contributed by atoms with Crippen molar-refractivity contribution < 1.29 is 9.53 Å². The molecule has 5 nitrogen and oxygen atoms in total. The summed E-state index contributed by atoms with van der Waals surface area (Å²) in [5.74, 6) is 0.867. The van der Waals surface area contributed by atoms with Gasteiger partial charge < -0.3 is 4.74 Å². The molecule has 5 heteroatoms. The number of benzene rings is 2. The molecule has 4 rings (SSSR count). The monoisotopic (exact) mass is 293 g/mol. The third-order valence-electron chi connectivity index (χ3n) is 3.82. The molecule has 1 aromatic heterocycles. The largest absolute Gasteiger partial charge is 0.493 e. The molecule has 1 N–H and O–H groups in total. The van der Waals surface area contributed by atoms with Gasteiger partial charge in [0.1, 0.15) is 12.1 Å². The van der Waals surface area contributed by atoms with E-state index in [9.17, 15) is 4.79 Å². The zero-order valence-corrected chi connectivity index (χ0v) is 12.0. The quantitative estimate of drug-likeness (QED) is 0.806. The summed E-state index contributed by atoms with van der Waals surface area (Å²) in [6.07, 6.45) is 2.87. The van der Waals surface area contributed by atoms with Crippen molar-refractivity contribution in [2.45, 2.75) is 12.8 Å². The first-order valence-electron chi connectivity index (χ1n) is 7.26. The van der Waals surface area contributed by atoms with Gasteiger partial charge in [0.05, 0.1) is 24.1 Å². The molecular formula is C17H15N3O2. The fraction of sp³-hybridized carbons (Fsp3) is 0.176. The summed E-state index contributed by atoms with van der Waals surface area (Å²) < 4.78 is 7.14. The molecule has 0 radical (unpaired) electrons. The molecular weight excluding hydrogens is 278 g/mol. The number of aromatic nitrogens is 2. The van der Waals surface area contributed by atoms with Crippen molar-refractivity contribution in [1.82, 2.24) is 9.66 Å². The Balaban J connectivity index is 1.51. The van der Waals surface area contributed by atoms with Crippen molar-refractivity contribution >= 4 is 16.9 Å². The maximum Gasteiger partial charge on any atom is 0.243 e. The first-order chi connectivity index (χ1) is 10.8. The zero-order valence-electron chi connectivity index (χ0n) is 12.0. The number of imidazole rings is 1. The number of carbonyl (C=O) groups excluding carboxylic acids is 1. The molecule has 0 saturated carbocycles. The van der Waals surface area contributed by atoms with Gasteiger partial charge in [-0.25, -0.2) is 9.66 Å². The third-order valence-corrected chi connectivity index (χ3v) is 3.82. The fourth-order valence-corrected chi connectivity index (χ4v) is 2.76. The molecule has 0 saturated heterocycles. The first kappa shape index (κ1) is 12.9. The van der Waals surface area contributed by atoms with Gasteiger partial charge in [-0.2, -0.15) is 0 Å². The molecule has 1 aliphatic rings. The minimum atomic E-state index is -0.0676. The Labute approximate surface area is 127 Å². The minimum absolute atomic E-state index is 0.0676. The van der Waals surface area contributed by atoms with E-state index in [4.69, 9.17) is 4.74 Å². The number of nitrogens with zero attached hydrogens (tertiary/aromatic N) is 2. The lowest BCUT2D eigenvalue weighted by molar-refractivity contribution is -0.116. The Morgan fingerprint density at radius 2 is 2.18 bits per heavy atom. The van der Waals surface area contributed by atoms with E-state index >= 15 is 0 Å². The molecule has 0 bridgehead atoms. The average Bonchev–Trinajstić information content (AvgIpc) is 3.14. The molecule has 1 amide bonds. The summed E-state index contributed by atoms with van der Waals surface area (Å²) in [7, 11) is 0. The summed E-state index contributed by atoms with van der Waals surface area (Å²) in [5, 5.41) is 0. The average molecular weight is 293 g/mol. The highest BCUT2D eigenvalue weighted by Crippen LogP contribution is 2.26. The lowest BCUT2D eigenvalue weighted by Gasteiger charge is -2.08. The van der Waals surface area contributed by atoms with Crippen LogP contribution >= 0.6 is 0 Å². The van der Waals surface area contributed by atoms with Crippen LogP contribution in [-0.4, -0.2) is 22.2 Å². The van der Waals surface area contributed by atoms with Crippen molar-refractivity contribution in [2.24, 2.45) is 0 Å². The predicted octanol–water partition coefficient (Wildman–Crippen LogP) is 2.28. The lowest BCUT2D eigenvalue weighted by Crippen LogP contribution is -2.23. The van der Waals surface area contributed by atoms with E-state index in [1.165, 1.54) is 5.56 Å². The molecule has 2 aromatic carbocycles. The molecule has 22 heavy (non-hydrogen) atoms. The molecule has 0 fully saturated rings. The molecule has 0 spiro atoms. The molecule has 1 aliphatic heterocycles. The van der Waals surface area contributed by atoms with E-state index in [2.05, 4.69) is 10.4 Å². The van der Waals surface area contributed by atoms with E-state index in [1.54, 1.807) is 11.0 Å². The predicted molar refractivity (Wildman–Crippen MR) is 83.4 cm³/mol. The van der Waals surface area contributed by atoms with E-state index in [-0.39, 0.29) is 5.91 Å². The maximum absolute atomic E-state index is 12.2. The maximum atomic E-state index is 12.2. The van der Waals surface area contributed by atoms with Crippen molar-refractivity contribution in [3.8, 4) is 5.75 Å². The smallest absolute Gasteiger partial charge is 0.243 e. The second-order valence-electron chi connectivity index (χ2n) is 5.36. The van der Waals surface area contributed by atoms with E-state index in [0.717, 1.165) is 35.4 Å². The number of amides is 1. The topological polar surface area (TPSA) is 56.1 Å². The molecule has 0 atom stereocenters. The SMILES string of the molecule is O=C(Cc1ccc2c(c1)CCO2)Nn1cnc2ccccc21. The Morgan fingerprint density at radius 1 is 1.27 bits per heavy atom. The van der Waals surface area contributed by atoms with Crippen molar-refractivity contribution in [3.63, 3.8) is 0 Å². The molecule has 3 aromatic rings. The highest BCUT2D eigenvalue weighted by atomic mass is 16.5. The minimum Gasteiger partial charge on any atom is -0.493 e. The summed E-state index contributed by atoms with van der Waals surface area (Å²) in [6, 6.07) is 13.6. The van der Waals surface area contributed by atoms with E-state index < -0.39 is 0 Å². The standard InChI is InChI=1S/C17H15N3O2/c21-17(10-12-5-6-16-13(9-12)7-8-22-16)19-20-11-18-14-3-1-2-4-15(14)20/h1-6,9,11H,7-8,10H2,(H,19,21). The number of ether oxygens (including phenoxy) is 1. The van der Waals surface area contributed by atoms with Crippen LogP contribution in [0.5, 0.6) is 5.75 Å². The highest BCUT2D eigenvalue weighted by molar-refractivity contribution is 5.88. The van der Waals surface area contributed by atoms with Crippen molar-refractivity contribution in [1.29, 1.82) is 0 Å². The summed E-state index contributed by atoms with van der Waals surface area (Å²) in [4.78, 5) is 16.5. The van der Waals surface area contributed by atoms with Gasteiger partial charge in [-0.15, -0.1) is 0 Å². The van der Waals surface area contributed by atoms with Gasteiger partial charge in [0.15, 0.2) is 0 Å². The van der Waals surface area contributed by atoms with Gasteiger partial charge in [0, 0.05) is 6.42 Å². The summed E-state index contributed by atoms with van der Waals surface area (Å²) >= 11 is 0. The van der Waals surface area contributed by atoms with Crippen LogP contribution < -0.4 is 10.2 Å². The van der Waals surface area contributed by atoms with Crippen LogP contribution in [0.2, 0.25) is 0 Å². The van der Waals surface area contributed by atoms with Crippen molar-refractivity contribution in [3.05, 3.63) is 59.9 Å². The summed E-state index contributed by atoms with van der Waals surface area (Å²) in [5.41, 5.74) is 6.78. The van der Waals surface area contributed by atoms with Crippen LogP contribution in [0.1, 0.15) is 11.1 Å². The molecule has 0 aliphatic carbocycles. The van der Waals surface area contributed by atoms with Crippen LogP contribution in [0.3, 0.4) is 0 Å². The Morgan fingerprint density at radius 3 is 3.14 bits per heavy atom. The van der Waals surface area contributed by atoms with Gasteiger partial charge in [0.25, 0.3) is 0 Å². The number of carbonyl (C=O) groups is 1. The number of para-hydroxylation sites is 2. The Kier molecular flexibility index (Phi) is 3.04. The van der Waals surface area contributed by atoms with E-state index in [0.29, 0.717) is 6.42 Å². The number of hydrogen-bond acceptors (Lipinski definition) is 3. The van der Waals surface area contributed by atoms with Crippen LogP contribution in [0.25, 0.3) is 11.0 Å². The third kappa shape index (κ3) is 2.30. The number of fused-ring (bicyclic) bond motifs is 2. The van der Waals surface area contributed by atoms with Gasteiger partial charge >= 0.3 is 0 Å². The van der Waals surface area contributed by atoms with Gasteiger partial charge in [-0.1, -0.05) is 24.3 Å². The van der Waals surface area contributed by atoms with Crippen LogP contribution in [0.15, 0.2) is 48.8 Å². The van der Waals surface area contributed by atoms with Crippen LogP contribution in [-0.2, 0) is 17.6 Å². The normalized spacial score (nSPS) is 12.9. The van der Waals surface area contributed by atoms with Crippen molar-refractivity contribution in [2.75, 3.05) is 12.0 Å². The van der Waals surface area contributed by atoms with Gasteiger partial charge in [-0.05, 0) is 29.3 Å². The Bertz CT molecular complexity index is 854. The second kappa shape index (κ2) is 5.18. The number of hydrogen-bond donors (Lipinski definition) is 1. The highest BCUT2D eigenvalue weighted by Gasteiger charge is 2.13. The van der Waals surface area contributed by atoms with Gasteiger partial charge in [-0.3, -0.25) is 10.2 Å². The molecule has 0 unspecified atom stereocenters. The summed E-state index contributed by atoms with van der Waals surface area (Å²) in [6.45, 7) is 0.728. The zero-order chi connectivity index (χ0) is 14.9.